The number of fused-ring (bicyclic) bond motifs is 1. The highest BCUT2D eigenvalue weighted by atomic mass is 16.5. The number of esters is 1. The maximum absolute atomic E-state index is 11.2. The first-order valence-electron chi connectivity index (χ1n) is 6.28. The molecule has 0 radical (unpaired) electrons. The van der Waals surface area contributed by atoms with Crippen molar-refractivity contribution in [1.82, 2.24) is 0 Å². The van der Waals surface area contributed by atoms with Gasteiger partial charge >= 0.3 is 5.97 Å². The van der Waals surface area contributed by atoms with Gasteiger partial charge in [-0.2, -0.15) is 0 Å². The highest BCUT2D eigenvalue weighted by Crippen LogP contribution is 2.29. The Morgan fingerprint density at radius 2 is 1.89 bits per heavy atom. The molecule has 0 aliphatic heterocycles. The number of nitrogen functional groups attached to an aromatic ring is 1. The third-order valence-corrected chi connectivity index (χ3v) is 2.78. The van der Waals surface area contributed by atoms with Crippen LogP contribution in [-0.2, 0) is 9.53 Å². The molecular formula is C15H17NO3. The summed E-state index contributed by atoms with van der Waals surface area (Å²) >= 11 is 0. The van der Waals surface area contributed by atoms with Gasteiger partial charge in [-0.15, -0.1) is 0 Å². The minimum absolute atomic E-state index is 0.243. The van der Waals surface area contributed by atoms with E-state index >= 15 is 0 Å². The first-order chi connectivity index (χ1) is 9.22. The molecule has 0 saturated heterocycles. The van der Waals surface area contributed by atoms with Crippen LogP contribution in [0.1, 0.15) is 13.3 Å². The lowest BCUT2D eigenvalue weighted by atomic mass is 10.1. The second-order valence-electron chi connectivity index (χ2n) is 4.10. The molecule has 4 nitrogen and oxygen atoms in total. The lowest BCUT2D eigenvalue weighted by Gasteiger charge is -2.10. The Hall–Kier alpha value is -2.23. The van der Waals surface area contributed by atoms with Crippen molar-refractivity contribution in [2.75, 3.05) is 18.9 Å². The summed E-state index contributed by atoms with van der Waals surface area (Å²) in [6, 6.07) is 11.4. The summed E-state index contributed by atoms with van der Waals surface area (Å²) in [6.45, 7) is 2.47. The molecule has 2 rings (SSSR count). The molecule has 0 aliphatic carbocycles. The van der Waals surface area contributed by atoms with Crippen LogP contribution < -0.4 is 10.5 Å². The van der Waals surface area contributed by atoms with E-state index in [-0.39, 0.29) is 12.4 Å². The fourth-order valence-corrected chi connectivity index (χ4v) is 1.91. The van der Waals surface area contributed by atoms with Gasteiger partial charge in [0.15, 0.2) is 0 Å². The molecule has 4 heteroatoms. The van der Waals surface area contributed by atoms with Crippen LogP contribution in [0.2, 0.25) is 0 Å². The molecule has 0 fully saturated rings. The molecule has 0 heterocycles. The quantitative estimate of drug-likeness (QED) is 0.662. The SMILES string of the molecule is CCOC(=O)CCOc1cccc2c(N)cccc12. The highest BCUT2D eigenvalue weighted by Gasteiger charge is 2.06. The van der Waals surface area contributed by atoms with Crippen molar-refractivity contribution < 1.29 is 14.3 Å². The number of hydrogen-bond donors (Lipinski definition) is 1. The number of nitrogens with two attached hydrogens (primary N) is 1. The van der Waals surface area contributed by atoms with Gasteiger partial charge < -0.3 is 15.2 Å². The number of hydrogen-bond acceptors (Lipinski definition) is 4. The van der Waals surface area contributed by atoms with Gasteiger partial charge in [0.2, 0.25) is 0 Å². The van der Waals surface area contributed by atoms with E-state index in [4.69, 9.17) is 15.2 Å². The lowest BCUT2D eigenvalue weighted by molar-refractivity contribution is -0.143. The predicted molar refractivity (Wildman–Crippen MR) is 75.1 cm³/mol. The third-order valence-electron chi connectivity index (χ3n) is 2.78. The summed E-state index contributed by atoms with van der Waals surface area (Å²) < 4.78 is 10.5. The first-order valence-corrected chi connectivity index (χ1v) is 6.28. The number of anilines is 1. The van der Waals surface area contributed by atoms with Gasteiger partial charge in [-0.05, 0) is 19.1 Å². The first kappa shape index (κ1) is 13.2. The summed E-state index contributed by atoms with van der Waals surface area (Å²) in [4.78, 5) is 11.2. The van der Waals surface area contributed by atoms with Gasteiger partial charge in [0.1, 0.15) is 5.75 Å². The molecule has 0 bridgehead atoms. The van der Waals surface area contributed by atoms with Crippen LogP contribution in [0, 0.1) is 0 Å². The van der Waals surface area contributed by atoms with Gasteiger partial charge in [-0.25, -0.2) is 0 Å². The van der Waals surface area contributed by atoms with Crippen molar-refractivity contribution in [2.45, 2.75) is 13.3 Å². The van der Waals surface area contributed by atoms with Crippen LogP contribution in [0.15, 0.2) is 36.4 Å². The topological polar surface area (TPSA) is 61.5 Å². The van der Waals surface area contributed by atoms with Gasteiger partial charge in [-0.3, -0.25) is 4.79 Å². The zero-order chi connectivity index (χ0) is 13.7. The maximum Gasteiger partial charge on any atom is 0.309 e. The molecule has 2 N–H and O–H groups in total. The molecular weight excluding hydrogens is 242 g/mol. The largest absolute Gasteiger partial charge is 0.492 e. The highest BCUT2D eigenvalue weighted by molar-refractivity contribution is 5.96. The molecule has 0 saturated carbocycles. The minimum Gasteiger partial charge on any atom is -0.492 e. The Balaban J connectivity index is 2.09. The number of benzene rings is 2. The predicted octanol–water partition coefficient (Wildman–Crippen LogP) is 2.75. The Morgan fingerprint density at radius 3 is 2.68 bits per heavy atom. The van der Waals surface area contributed by atoms with Crippen molar-refractivity contribution in [3.63, 3.8) is 0 Å². The van der Waals surface area contributed by atoms with Crippen molar-refractivity contribution >= 4 is 22.4 Å². The lowest BCUT2D eigenvalue weighted by Crippen LogP contribution is -2.09. The summed E-state index contributed by atoms with van der Waals surface area (Å²) in [7, 11) is 0. The van der Waals surface area contributed by atoms with E-state index in [1.807, 2.05) is 36.4 Å². The zero-order valence-electron chi connectivity index (χ0n) is 10.9. The number of carbonyl (C=O) groups excluding carboxylic acids is 1. The number of rotatable bonds is 5. The average Bonchev–Trinajstić information content (AvgIpc) is 2.40. The number of carbonyl (C=O) groups is 1. The molecule has 0 amide bonds. The van der Waals surface area contributed by atoms with Crippen molar-refractivity contribution in [2.24, 2.45) is 0 Å². The second-order valence-corrected chi connectivity index (χ2v) is 4.10. The molecule has 2 aromatic carbocycles. The molecule has 19 heavy (non-hydrogen) atoms. The Morgan fingerprint density at radius 1 is 1.16 bits per heavy atom. The van der Waals surface area contributed by atoms with Crippen LogP contribution in [0.4, 0.5) is 5.69 Å². The van der Waals surface area contributed by atoms with E-state index < -0.39 is 0 Å². The Bertz CT molecular complexity index is 581. The van der Waals surface area contributed by atoms with E-state index in [0.717, 1.165) is 16.5 Å². The smallest absolute Gasteiger partial charge is 0.309 e. The monoisotopic (exact) mass is 259 g/mol. The van der Waals surface area contributed by atoms with Gasteiger partial charge in [0.25, 0.3) is 0 Å². The third kappa shape index (κ3) is 3.16. The van der Waals surface area contributed by atoms with Gasteiger partial charge in [0, 0.05) is 16.5 Å². The van der Waals surface area contributed by atoms with Crippen LogP contribution in [0.25, 0.3) is 10.8 Å². The molecule has 2 aromatic rings. The standard InChI is InChI=1S/C15H17NO3/c1-2-18-15(17)9-10-19-14-8-4-5-11-12(14)6-3-7-13(11)16/h3-8H,2,9-10,16H2,1H3. The fraction of sp³-hybridized carbons (Fsp3) is 0.267. The van der Waals surface area contributed by atoms with Crippen molar-refractivity contribution in [1.29, 1.82) is 0 Å². The molecule has 0 aliphatic rings. The van der Waals surface area contributed by atoms with E-state index in [1.165, 1.54) is 0 Å². The fourth-order valence-electron chi connectivity index (χ4n) is 1.91. The summed E-state index contributed by atoms with van der Waals surface area (Å²) in [5.41, 5.74) is 6.63. The molecule has 0 atom stereocenters. The van der Waals surface area contributed by atoms with E-state index in [1.54, 1.807) is 6.92 Å². The van der Waals surface area contributed by atoms with Crippen molar-refractivity contribution in [3.8, 4) is 5.75 Å². The maximum atomic E-state index is 11.2. The van der Waals surface area contributed by atoms with Crippen LogP contribution in [0.5, 0.6) is 5.75 Å². The van der Waals surface area contributed by atoms with Crippen LogP contribution >= 0.6 is 0 Å². The van der Waals surface area contributed by atoms with Crippen molar-refractivity contribution in [3.05, 3.63) is 36.4 Å². The molecule has 0 unspecified atom stereocenters. The normalized spacial score (nSPS) is 10.4. The molecule has 0 spiro atoms. The minimum atomic E-state index is -0.248. The Labute approximate surface area is 112 Å². The second kappa shape index (κ2) is 6.09. The van der Waals surface area contributed by atoms with Gasteiger partial charge in [0.05, 0.1) is 19.6 Å². The average molecular weight is 259 g/mol. The Kier molecular flexibility index (Phi) is 4.23. The van der Waals surface area contributed by atoms with E-state index in [2.05, 4.69) is 0 Å². The zero-order valence-corrected chi connectivity index (χ0v) is 10.9. The van der Waals surface area contributed by atoms with Gasteiger partial charge in [-0.1, -0.05) is 24.3 Å². The molecule has 0 aromatic heterocycles. The summed E-state index contributed by atoms with van der Waals surface area (Å²) in [5.74, 6) is 0.483. The van der Waals surface area contributed by atoms with Crippen LogP contribution in [-0.4, -0.2) is 19.2 Å². The van der Waals surface area contributed by atoms with E-state index in [9.17, 15) is 4.79 Å². The summed E-state index contributed by atoms with van der Waals surface area (Å²) in [5, 5.41) is 1.91. The molecule has 100 valence electrons. The van der Waals surface area contributed by atoms with E-state index in [0.29, 0.717) is 18.9 Å². The summed E-state index contributed by atoms with van der Waals surface area (Å²) in [6.07, 6.45) is 0.243. The number of ether oxygens (including phenoxy) is 2. The van der Waals surface area contributed by atoms with Crippen LogP contribution in [0.3, 0.4) is 0 Å².